The van der Waals surface area contributed by atoms with Crippen LogP contribution in [-0.4, -0.2) is 18.5 Å². The largest absolute Gasteiger partial charge is 0.490 e. The summed E-state index contributed by atoms with van der Waals surface area (Å²) in [4.78, 5) is 16.8. The van der Waals surface area contributed by atoms with E-state index < -0.39 is 5.97 Å². The molecule has 0 aliphatic carbocycles. The Morgan fingerprint density at radius 2 is 1.72 bits per heavy atom. The molecule has 0 bridgehead atoms. The average molecular weight is 428 g/mol. The van der Waals surface area contributed by atoms with Crippen LogP contribution >= 0.6 is 0 Å². The molecule has 4 rings (SSSR count). The molecule has 0 saturated heterocycles. The summed E-state index contributed by atoms with van der Waals surface area (Å²) in [5.41, 5.74) is 5.11. The van der Waals surface area contributed by atoms with Crippen molar-refractivity contribution in [3.8, 4) is 11.5 Å². The number of hydrogen-bond acceptors (Lipinski definition) is 5. The minimum atomic E-state index is -0.471. The number of esters is 1. The molecule has 1 heterocycles. The summed E-state index contributed by atoms with van der Waals surface area (Å²) in [6.45, 7) is 6.87. The highest BCUT2D eigenvalue weighted by molar-refractivity contribution is 6.13. The van der Waals surface area contributed by atoms with Gasteiger partial charge in [-0.25, -0.2) is 9.79 Å². The molecule has 162 valence electrons. The van der Waals surface area contributed by atoms with Gasteiger partial charge in [0.1, 0.15) is 6.61 Å². The van der Waals surface area contributed by atoms with Gasteiger partial charge in [-0.05, 0) is 61.7 Å². The maximum atomic E-state index is 12.4. The van der Waals surface area contributed by atoms with Gasteiger partial charge < -0.3 is 14.2 Å². The van der Waals surface area contributed by atoms with Crippen LogP contribution in [0.4, 0.5) is 0 Å². The van der Waals surface area contributed by atoms with Crippen molar-refractivity contribution in [1.29, 1.82) is 0 Å². The number of ether oxygens (including phenoxy) is 3. The number of hydrogen-bond donors (Lipinski definition) is 0. The summed E-state index contributed by atoms with van der Waals surface area (Å²) in [5, 5.41) is 0. The van der Waals surface area contributed by atoms with Gasteiger partial charge in [-0.1, -0.05) is 54.1 Å². The Morgan fingerprint density at radius 1 is 0.938 bits per heavy atom. The van der Waals surface area contributed by atoms with Crippen LogP contribution in [-0.2, 0) is 16.1 Å². The van der Waals surface area contributed by atoms with Gasteiger partial charge in [-0.3, -0.25) is 0 Å². The zero-order valence-corrected chi connectivity index (χ0v) is 18.4. The van der Waals surface area contributed by atoms with E-state index in [2.05, 4.69) is 24.0 Å². The van der Waals surface area contributed by atoms with Gasteiger partial charge in [0.15, 0.2) is 17.2 Å². The zero-order valence-electron chi connectivity index (χ0n) is 18.4. The molecule has 1 aliphatic heterocycles. The summed E-state index contributed by atoms with van der Waals surface area (Å²) >= 11 is 0. The Hall–Kier alpha value is -3.86. The van der Waals surface area contributed by atoms with Crippen molar-refractivity contribution in [3.05, 3.63) is 100 Å². The molecule has 0 saturated carbocycles. The van der Waals surface area contributed by atoms with Crippen molar-refractivity contribution >= 4 is 17.9 Å². The maximum absolute atomic E-state index is 12.4. The summed E-state index contributed by atoms with van der Waals surface area (Å²) in [6, 6.07) is 21.4. The van der Waals surface area contributed by atoms with Crippen LogP contribution in [0.5, 0.6) is 11.5 Å². The third kappa shape index (κ3) is 4.89. The van der Waals surface area contributed by atoms with E-state index in [9.17, 15) is 4.79 Å². The molecule has 0 fully saturated rings. The number of aliphatic imine (C=N–C) groups is 1. The minimum absolute atomic E-state index is 0.249. The van der Waals surface area contributed by atoms with Crippen LogP contribution in [0.2, 0.25) is 0 Å². The van der Waals surface area contributed by atoms with Crippen molar-refractivity contribution in [2.24, 2.45) is 4.99 Å². The van der Waals surface area contributed by atoms with Gasteiger partial charge in [0, 0.05) is 5.56 Å². The van der Waals surface area contributed by atoms with Crippen LogP contribution in [0, 0.1) is 13.8 Å². The van der Waals surface area contributed by atoms with E-state index in [-0.39, 0.29) is 5.70 Å². The molecular formula is C27H25NO4. The fraction of sp³-hybridized carbons (Fsp3) is 0.185. The zero-order chi connectivity index (χ0) is 22.5. The first kappa shape index (κ1) is 21.4. The van der Waals surface area contributed by atoms with E-state index in [1.165, 1.54) is 5.56 Å². The predicted molar refractivity (Wildman–Crippen MR) is 125 cm³/mol. The van der Waals surface area contributed by atoms with Gasteiger partial charge in [0.2, 0.25) is 5.90 Å². The Morgan fingerprint density at radius 3 is 2.47 bits per heavy atom. The van der Waals surface area contributed by atoms with E-state index in [1.807, 2.05) is 68.4 Å². The lowest BCUT2D eigenvalue weighted by Gasteiger charge is -2.13. The van der Waals surface area contributed by atoms with Gasteiger partial charge in [-0.15, -0.1) is 0 Å². The summed E-state index contributed by atoms with van der Waals surface area (Å²) < 4.78 is 17.2. The fourth-order valence-corrected chi connectivity index (χ4v) is 3.34. The highest BCUT2D eigenvalue weighted by Gasteiger charge is 2.25. The van der Waals surface area contributed by atoms with Crippen molar-refractivity contribution in [1.82, 2.24) is 0 Å². The van der Waals surface area contributed by atoms with Crippen LogP contribution in [0.1, 0.15) is 34.7 Å². The van der Waals surface area contributed by atoms with Gasteiger partial charge in [0.25, 0.3) is 0 Å². The quantitative estimate of drug-likeness (QED) is 0.362. The lowest BCUT2D eigenvalue weighted by Crippen LogP contribution is -2.06. The summed E-state index contributed by atoms with van der Waals surface area (Å²) in [7, 11) is 0. The van der Waals surface area contributed by atoms with E-state index in [0.29, 0.717) is 30.6 Å². The number of aryl methyl sites for hydroxylation is 2. The number of cyclic esters (lactones) is 1. The first-order valence-electron chi connectivity index (χ1n) is 10.6. The average Bonchev–Trinajstić information content (AvgIpc) is 3.15. The molecule has 32 heavy (non-hydrogen) atoms. The third-order valence-electron chi connectivity index (χ3n) is 5.08. The Bertz CT molecular complexity index is 1190. The fourth-order valence-electron chi connectivity index (χ4n) is 3.34. The van der Waals surface area contributed by atoms with Gasteiger partial charge >= 0.3 is 5.97 Å². The van der Waals surface area contributed by atoms with Crippen molar-refractivity contribution < 1.29 is 19.0 Å². The molecule has 5 heteroatoms. The van der Waals surface area contributed by atoms with Crippen molar-refractivity contribution in [2.45, 2.75) is 27.4 Å². The standard InChI is InChI=1S/C27H25NO4/c1-4-30-25-16-21(13-14-24(25)31-17-20-11-9-18(2)10-12-20)15-23-27(29)32-26(28-23)22-8-6-5-7-19(22)3/h5-16H,4,17H2,1-3H3. The molecule has 3 aromatic rings. The van der Waals surface area contributed by atoms with E-state index in [1.54, 1.807) is 6.08 Å². The van der Waals surface area contributed by atoms with Crippen LogP contribution < -0.4 is 9.47 Å². The lowest BCUT2D eigenvalue weighted by molar-refractivity contribution is -0.129. The topological polar surface area (TPSA) is 57.1 Å². The second-order valence-corrected chi connectivity index (χ2v) is 7.56. The molecule has 0 amide bonds. The van der Waals surface area contributed by atoms with Crippen LogP contribution in [0.15, 0.2) is 77.4 Å². The monoisotopic (exact) mass is 427 g/mol. The highest BCUT2D eigenvalue weighted by atomic mass is 16.6. The number of rotatable bonds is 7. The first-order valence-corrected chi connectivity index (χ1v) is 10.6. The van der Waals surface area contributed by atoms with E-state index >= 15 is 0 Å². The Labute approximate surface area is 188 Å². The number of benzene rings is 3. The SMILES string of the molecule is CCOc1cc(C=C2N=C(c3ccccc3C)OC2=O)ccc1OCc1ccc(C)cc1. The molecule has 0 atom stereocenters. The lowest BCUT2D eigenvalue weighted by atomic mass is 10.1. The predicted octanol–water partition coefficient (Wildman–Crippen LogP) is 5.63. The minimum Gasteiger partial charge on any atom is -0.490 e. The molecule has 0 radical (unpaired) electrons. The summed E-state index contributed by atoms with van der Waals surface area (Å²) in [5.74, 6) is 1.11. The smallest absolute Gasteiger partial charge is 0.363 e. The molecule has 1 aliphatic rings. The van der Waals surface area contributed by atoms with Gasteiger partial charge in [0.05, 0.1) is 6.61 Å². The first-order chi connectivity index (χ1) is 15.5. The van der Waals surface area contributed by atoms with Crippen LogP contribution in [0.3, 0.4) is 0 Å². The van der Waals surface area contributed by atoms with Crippen molar-refractivity contribution in [2.75, 3.05) is 6.61 Å². The summed E-state index contributed by atoms with van der Waals surface area (Å²) in [6.07, 6.45) is 1.69. The molecule has 0 aromatic heterocycles. The maximum Gasteiger partial charge on any atom is 0.363 e. The molecule has 5 nitrogen and oxygen atoms in total. The Balaban J connectivity index is 1.56. The molecule has 0 N–H and O–H groups in total. The van der Waals surface area contributed by atoms with E-state index in [4.69, 9.17) is 14.2 Å². The van der Waals surface area contributed by atoms with E-state index in [0.717, 1.165) is 22.3 Å². The second-order valence-electron chi connectivity index (χ2n) is 7.56. The number of carbonyl (C=O) groups is 1. The highest BCUT2D eigenvalue weighted by Crippen LogP contribution is 2.31. The van der Waals surface area contributed by atoms with Crippen molar-refractivity contribution in [3.63, 3.8) is 0 Å². The normalized spacial score (nSPS) is 14.3. The number of carbonyl (C=O) groups excluding carboxylic acids is 1. The van der Waals surface area contributed by atoms with Gasteiger partial charge in [-0.2, -0.15) is 0 Å². The molecule has 0 spiro atoms. The molecule has 3 aromatic carbocycles. The molecule has 0 unspecified atom stereocenters. The second kappa shape index (κ2) is 9.52. The molecular weight excluding hydrogens is 402 g/mol. The van der Waals surface area contributed by atoms with Crippen LogP contribution in [0.25, 0.3) is 6.08 Å². The Kier molecular flexibility index (Phi) is 6.36. The number of nitrogens with zero attached hydrogens (tertiary/aromatic N) is 1. The third-order valence-corrected chi connectivity index (χ3v) is 5.08.